The third-order valence-electron chi connectivity index (χ3n) is 15.8. The van der Waals surface area contributed by atoms with E-state index in [1.807, 2.05) is 0 Å². The minimum Gasteiger partial charge on any atom is -0.394 e. The van der Waals surface area contributed by atoms with Crippen LogP contribution in [0.15, 0.2) is 48.6 Å². The van der Waals surface area contributed by atoms with E-state index in [9.17, 15) is 40.5 Å². The molecule has 1 rings (SSSR count). The van der Waals surface area contributed by atoms with Crippen molar-refractivity contribution in [1.82, 2.24) is 5.32 Å². The summed E-state index contributed by atoms with van der Waals surface area (Å²) in [5.41, 5.74) is 0. The van der Waals surface area contributed by atoms with Crippen molar-refractivity contribution in [2.45, 2.75) is 358 Å². The van der Waals surface area contributed by atoms with Gasteiger partial charge in [0, 0.05) is 0 Å². The predicted octanol–water partition coefficient (Wildman–Crippen LogP) is 15.2. The van der Waals surface area contributed by atoms with E-state index >= 15 is 0 Å². The molecule has 1 fully saturated rings. The quantitative estimate of drug-likeness (QED) is 0.0215. The van der Waals surface area contributed by atoms with Crippen LogP contribution in [0.3, 0.4) is 0 Å². The third kappa shape index (κ3) is 42.8. The zero-order valence-electron chi connectivity index (χ0n) is 50.4. The monoisotopic (exact) mass is 1100 g/mol. The summed E-state index contributed by atoms with van der Waals surface area (Å²) in [4.78, 5) is 13.2. The number of nitrogens with one attached hydrogen (secondary N) is 1. The van der Waals surface area contributed by atoms with Crippen molar-refractivity contribution in [2.24, 2.45) is 0 Å². The Hall–Kier alpha value is -1.93. The molecule has 458 valence electrons. The molecule has 0 spiro atoms. The number of carbonyl (C=O) groups is 1. The Bertz CT molecular complexity index is 1410. The van der Waals surface area contributed by atoms with E-state index in [1.54, 1.807) is 0 Å². The number of aliphatic hydroxyl groups excluding tert-OH is 7. The van der Waals surface area contributed by atoms with Gasteiger partial charge in [-0.05, 0) is 89.9 Å². The first kappa shape index (κ1) is 74.1. The molecule has 0 saturated carbocycles. The van der Waals surface area contributed by atoms with Gasteiger partial charge in [0.15, 0.2) is 6.29 Å². The van der Waals surface area contributed by atoms with Gasteiger partial charge in [-0.2, -0.15) is 0 Å². The number of allylic oxidation sites excluding steroid dienone is 8. The van der Waals surface area contributed by atoms with Gasteiger partial charge in [0.1, 0.15) is 36.6 Å². The highest BCUT2D eigenvalue weighted by Gasteiger charge is 2.44. The van der Waals surface area contributed by atoms with Crippen molar-refractivity contribution in [2.75, 3.05) is 13.2 Å². The summed E-state index contributed by atoms with van der Waals surface area (Å²) in [6.07, 6.45) is 60.4. The van der Waals surface area contributed by atoms with Crippen LogP contribution in [0.2, 0.25) is 0 Å². The molecule has 0 radical (unpaired) electrons. The van der Waals surface area contributed by atoms with Gasteiger partial charge in [-0.3, -0.25) is 4.79 Å². The van der Waals surface area contributed by atoms with E-state index in [0.29, 0.717) is 19.3 Å². The maximum absolute atomic E-state index is 13.2. The summed E-state index contributed by atoms with van der Waals surface area (Å²) in [5, 5.41) is 76.3. The number of amides is 1. The Morgan fingerprint density at radius 1 is 0.436 bits per heavy atom. The molecule has 0 aromatic rings. The molecule has 0 aromatic heterocycles. The van der Waals surface area contributed by atoms with Crippen molar-refractivity contribution in [3.8, 4) is 0 Å². The average Bonchev–Trinajstić information content (AvgIpc) is 3.46. The summed E-state index contributed by atoms with van der Waals surface area (Å²) in [6.45, 7) is 3.47. The standard InChI is InChI=1S/C67H125NO10/c1-3-5-7-9-11-13-15-17-19-21-23-25-27-29-31-32-34-36-38-40-42-44-46-48-50-52-54-59(70)62(72)58(57-77-67-65(75)64(74)63(73)61(56-69)78-67)68-66(76)60(71)55-53-51-49-47-45-43-41-39-37-35-33-30-28-26-24-22-20-18-16-14-12-10-8-6-4-2/h30-33,38,40,46,48,58-65,67,69-75H,3-29,34-37,39,41-45,47,49-57H2,1-2H3,(H,68,76)/b32-31+,33-30-,40-38+,48-46+. The van der Waals surface area contributed by atoms with Crippen LogP contribution in [0.1, 0.15) is 303 Å². The Labute approximate surface area is 479 Å². The molecule has 1 saturated heterocycles. The number of rotatable bonds is 57. The molecule has 1 aliphatic heterocycles. The fraction of sp³-hybridized carbons (Fsp3) is 0.866. The molecule has 78 heavy (non-hydrogen) atoms. The molecular weight excluding hydrogens is 979 g/mol. The highest BCUT2D eigenvalue weighted by Crippen LogP contribution is 2.23. The van der Waals surface area contributed by atoms with Crippen LogP contribution in [0, 0.1) is 0 Å². The van der Waals surface area contributed by atoms with Gasteiger partial charge in [0.2, 0.25) is 5.91 Å². The lowest BCUT2D eigenvalue weighted by atomic mass is 9.98. The Morgan fingerprint density at radius 3 is 1.14 bits per heavy atom. The van der Waals surface area contributed by atoms with Crippen LogP contribution in [0.5, 0.6) is 0 Å². The van der Waals surface area contributed by atoms with Gasteiger partial charge in [-0.25, -0.2) is 0 Å². The van der Waals surface area contributed by atoms with Crippen LogP contribution in [0.4, 0.5) is 0 Å². The SMILES string of the molecule is CCCCCCCCCCCCCC/C=C\CCCCCCCCCCCC(O)C(=O)NC(COC1OC(CO)C(O)C(O)C1O)C(O)C(O)CCC/C=C/CC/C=C/CC/C=C/CCCCCCCCCCCCCCC. The Kier molecular flexibility index (Phi) is 52.8. The predicted molar refractivity (Wildman–Crippen MR) is 325 cm³/mol. The van der Waals surface area contributed by atoms with Crippen molar-refractivity contribution in [3.05, 3.63) is 48.6 Å². The van der Waals surface area contributed by atoms with Crippen molar-refractivity contribution in [3.63, 3.8) is 0 Å². The minimum absolute atomic E-state index is 0.240. The average molecular weight is 1100 g/mol. The van der Waals surface area contributed by atoms with Gasteiger partial charge in [-0.1, -0.05) is 262 Å². The number of ether oxygens (including phenoxy) is 2. The minimum atomic E-state index is -1.68. The zero-order chi connectivity index (χ0) is 56.8. The smallest absolute Gasteiger partial charge is 0.249 e. The number of unbranched alkanes of at least 4 members (excludes halogenated alkanes) is 37. The first-order chi connectivity index (χ1) is 38.2. The number of aliphatic hydroxyl groups is 7. The second-order valence-corrected chi connectivity index (χ2v) is 23.2. The second-order valence-electron chi connectivity index (χ2n) is 23.2. The lowest BCUT2D eigenvalue weighted by Crippen LogP contribution is -2.60. The molecule has 1 aliphatic rings. The van der Waals surface area contributed by atoms with Gasteiger partial charge in [-0.15, -0.1) is 0 Å². The molecule has 11 heteroatoms. The molecular formula is C67H125NO10. The van der Waals surface area contributed by atoms with Gasteiger partial charge in [0.25, 0.3) is 0 Å². The second kappa shape index (κ2) is 55.6. The van der Waals surface area contributed by atoms with Crippen molar-refractivity contribution in [1.29, 1.82) is 0 Å². The first-order valence-corrected chi connectivity index (χ1v) is 33.0. The zero-order valence-corrected chi connectivity index (χ0v) is 50.4. The van der Waals surface area contributed by atoms with E-state index in [-0.39, 0.29) is 12.8 Å². The van der Waals surface area contributed by atoms with Crippen LogP contribution in [0.25, 0.3) is 0 Å². The van der Waals surface area contributed by atoms with E-state index in [2.05, 4.69) is 67.8 Å². The van der Waals surface area contributed by atoms with Gasteiger partial charge in [0.05, 0.1) is 25.4 Å². The number of carbonyl (C=O) groups excluding carboxylic acids is 1. The fourth-order valence-corrected chi connectivity index (χ4v) is 10.5. The summed E-state index contributed by atoms with van der Waals surface area (Å²) < 4.78 is 11.2. The summed E-state index contributed by atoms with van der Waals surface area (Å²) >= 11 is 0. The normalized spacial score (nSPS) is 19.7. The van der Waals surface area contributed by atoms with E-state index in [1.165, 1.54) is 212 Å². The molecule has 8 N–H and O–H groups in total. The molecule has 9 atom stereocenters. The molecule has 9 unspecified atom stereocenters. The summed E-state index contributed by atoms with van der Waals surface area (Å²) in [5.74, 6) is -0.712. The molecule has 1 heterocycles. The Balaban J connectivity index is 2.29. The topological polar surface area (TPSA) is 189 Å². The van der Waals surface area contributed by atoms with Gasteiger partial charge < -0.3 is 50.5 Å². The molecule has 0 bridgehead atoms. The summed E-state index contributed by atoms with van der Waals surface area (Å²) in [6, 6.07) is -1.20. The van der Waals surface area contributed by atoms with Crippen LogP contribution in [-0.2, 0) is 14.3 Å². The molecule has 0 aromatic carbocycles. The van der Waals surface area contributed by atoms with E-state index in [4.69, 9.17) is 9.47 Å². The van der Waals surface area contributed by atoms with Crippen LogP contribution in [-0.4, -0.2) is 110 Å². The van der Waals surface area contributed by atoms with Crippen LogP contribution >= 0.6 is 0 Å². The lowest BCUT2D eigenvalue weighted by molar-refractivity contribution is -0.303. The highest BCUT2D eigenvalue weighted by atomic mass is 16.7. The first-order valence-electron chi connectivity index (χ1n) is 33.0. The van der Waals surface area contributed by atoms with E-state index in [0.717, 1.165) is 44.9 Å². The van der Waals surface area contributed by atoms with Crippen molar-refractivity contribution >= 4 is 5.91 Å². The van der Waals surface area contributed by atoms with E-state index < -0.39 is 74.2 Å². The third-order valence-corrected chi connectivity index (χ3v) is 15.8. The lowest BCUT2D eigenvalue weighted by Gasteiger charge is -2.40. The molecule has 11 nitrogen and oxygen atoms in total. The van der Waals surface area contributed by atoms with Gasteiger partial charge >= 0.3 is 0 Å². The Morgan fingerprint density at radius 2 is 0.769 bits per heavy atom. The fourth-order valence-electron chi connectivity index (χ4n) is 10.5. The maximum Gasteiger partial charge on any atom is 0.249 e. The largest absolute Gasteiger partial charge is 0.394 e. The highest BCUT2D eigenvalue weighted by molar-refractivity contribution is 5.80. The molecule has 0 aliphatic carbocycles. The molecule has 1 amide bonds. The maximum atomic E-state index is 13.2. The number of hydrogen-bond donors (Lipinski definition) is 8. The van der Waals surface area contributed by atoms with Crippen molar-refractivity contribution < 1.29 is 50.0 Å². The summed E-state index contributed by atoms with van der Waals surface area (Å²) in [7, 11) is 0. The van der Waals surface area contributed by atoms with Crippen LogP contribution < -0.4 is 5.32 Å². The number of hydrogen-bond acceptors (Lipinski definition) is 10.